The van der Waals surface area contributed by atoms with Crippen LogP contribution >= 0.6 is 15.9 Å². The summed E-state index contributed by atoms with van der Waals surface area (Å²) in [4.78, 5) is 22.1. The molecule has 7 heteroatoms. The molecule has 0 heterocycles. The number of nitro groups is 1. The quantitative estimate of drug-likeness (QED) is 0.276. The zero-order valence-corrected chi connectivity index (χ0v) is 12.4. The van der Waals surface area contributed by atoms with Crippen molar-refractivity contribution in [1.82, 2.24) is 0 Å². The predicted octanol–water partition coefficient (Wildman–Crippen LogP) is 3.22. The number of ether oxygens (including phenoxy) is 1. The summed E-state index contributed by atoms with van der Waals surface area (Å²) in [6, 6.07) is 6.14. The van der Waals surface area contributed by atoms with Gasteiger partial charge in [0.25, 0.3) is 5.69 Å². The molecule has 0 aliphatic heterocycles. The molecule has 6 nitrogen and oxygen atoms in total. The Kier molecular flexibility index (Phi) is 5.41. The van der Waals surface area contributed by atoms with E-state index in [0.29, 0.717) is 4.47 Å². The summed E-state index contributed by atoms with van der Waals surface area (Å²) in [6.07, 6.45) is 0. The van der Waals surface area contributed by atoms with Gasteiger partial charge in [-0.15, -0.1) is 0 Å². The molecule has 0 aromatic heterocycles. The van der Waals surface area contributed by atoms with Gasteiger partial charge < -0.3 is 4.74 Å². The molecular weight excluding hydrogens is 328 g/mol. The van der Waals surface area contributed by atoms with E-state index in [1.165, 1.54) is 19.1 Å². The van der Waals surface area contributed by atoms with Crippen molar-refractivity contribution in [1.29, 1.82) is 5.26 Å². The number of nitro benzene ring substituents is 1. The largest absolute Gasteiger partial charge is 0.462 e. The third kappa shape index (κ3) is 3.42. The summed E-state index contributed by atoms with van der Waals surface area (Å²) < 4.78 is 5.30. The Balaban J connectivity index is 3.46. The van der Waals surface area contributed by atoms with Crippen molar-refractivity contribution in [2.24, 2.45) is 0 Å². The number of hydrogen-bond donors (Lipinski definition) is 0. The topological polar surface area (TPSA) is 93.2 Å². The standard InChI is InChI=1S/C13H11BrN2O4/c1-3-20-13(17)11(7-15)8(2)10-5-4-9(14)6-12(10)16(18)19/h4-6H,3H2,1-2H3/b11-8-. The summed E-state index contributed by atoms with van der Waals surface area (Å²) in [5.41, 5.74) is -0.000788. The van der Waals surface area contributed by atoms with Gasteiger partial charge in [-0.3, -0.25) is 10.1 Å². The lowest BCUT2D eigenvalue weighted by Gasteiger charge is -2.07. The van der Waals surface area contributed by atoms with E-state index in [9.17, 15) is 14.9 Å². The van der Waals surface area contributed by atoms with Crippen LogP contribution in [0.15, 0.2) is 28.2 Å². The summed E-state index contributed by atoms with van der Waals surface area (Å²) in [6.45, 7) is 3.22. The van der Waals surface area contributed by atoms with Crippen LogP contribution in [0.3, 0.4) is 0 Å². The van der Waals surface area contributed by atoms with Crippen LogP contribution < -0.4 is 0 Å². The lowest BCUT2D eigenvalue weighted by molar-refractivity contribution is -0.385. The van der Waals surface area contributed by atoms with Gasteiger partial charge in [0, 0.05) is 10.5 Å². The highest BCUT2D eigenvalue weighted by atomic mass is 79.9. The van der Waals surface area contributed by atoms with Gasteiger partial charge in [-0.1, -0.05) is 15.9 Å². The molecule has 0 bridgehead atoms. The van der Waals surface area contributed by atoms with Gasteiger partial charge in [-0.25, -0.2) is 4.79 Å². The summed E-state index contributed by atoms with van der Waals surface area (Å²) in [5.74, 6) is -0.787. The molecule has 0 fully saturated rings. The first kappa shape index (κ1) is 15.9. The summed E-state index contributed by atoms with van der Waals surface area (Å²) in [5, 5.41) is 20.1. The van der Waals surface area contributed by atoms with Crippen molar-refractivity contribution in [3.63, 3.8) is 0 Å². The molecule has 20 heavy (non-hydrogen) atoms. The summed E-state index contributed by atoms with van der Waals surface area (Å²) >= 11 is 3.14. The van der Waals surface area contributed by atoms with Crippen molar-refractivity contribution in [3.8, 4) is 6.07 Å². The molecule has 0 saturated heterocycles. The van der Waals surface area contributed by atoms with Crippen LogP contribution in [0.25, 0.3) is 5.57 Å². The smallest absolute Gasteiger partial charge is 0.349 e. The number of carbonyl (C=O) groups excluding carboxylic acids is 1. The lowest BCUT2D eigenvalue weighted by atomic mass is 10.0. The Morgan fingerprint density at radius 3 is 2.70 bits per heavy atom. The molecule has 0 aliphatic carbocycles. The fourth-order valence-corrected chi connectivity index (χ4v) is 1.94. The van der Waals surface area contributed by atoms with Gasteiger partial charge in [0.15, 0.2) is 0 Å². The van der Waals surface area contributed by atoms with Crippen LogP contribution in [0.2, 0.25) is 0 Å². The molecule has 0 saturated carbocycles. The van der Waals surface area contributed by atoms with Gasteiger partial charge in [0.2, 0.25) is 0 Å². The first-order valence-corrected chi connectivity index (χ1v) is 6.44. The fraction of sp³-hybridized carbons (Fsp3) is 0.231. The van der Waals surface area contributed by atoms with Gasteiger partial charge in [0.1, 0.15) is 11.6 Å². The highest BCUT2D eigenvalue weighted by Gasteiger charge is 2.21. The van der Waals surface area contributed by atoms with Gasteiger partial charge >= 0.3 is 5.97 Å². The average Bonchev–Trinajstić information content (AvgIpc) is 2.39. The number of hydrogen-bond acceptors (Lipinski definition) is 5. The second-order valence-electron chi connectivity index (χ2n) is 3.75. The van der Waals surface area contributed by atoms with Crippen molar-refractivity contribution < 1.29 is 14.5 Å². The van der Waals surface area contributed by atoms with Crippen molar-refractivity contribution >= 4 is 33.2 Å². The van der Waals surface area contributed by atoms with Crippen molar-refractivity contribution in [2.75, 3.05) is 6.61 Å². The van der Waals surface area contributed by atoms with E-state index < -0.39 is 10.9 Å². The maximum atomic E-state index is 11.7. The monoisotopic (exact) mass is 338 g/mol. The van der Waals surface area contributed by atoms with E-state index >= 15 is 0 Å². The number of allylic oxidation sites excluding steroid dienone is 1. The Morgan fingerprint density at radius 1 is 1.55 bits per heavy atom. The normalized spacial score (nSPS) is 11.3. The maximum absolute atomic E-state index is 11.7. The zero-order valence-electron chi connectivity index (χ0n) is 10.8. The lowest BCUT2D eigenvalue weighted by Crippen LogP contribution is -2.08. The molecule has 0 amide bonds. The van der Waals surface area contributed by atoms with Gasteiger partial charge in [0.05, 0.1) is 17.1 Å². The molecule has 104 valence electrons. The Hall–Kier alpha value is -2.20. The van der Waals surface area contributed by atoms with Crippen LogP contribution in [0.4, 0.5) is 5.69 Å². The molecule has 0 N–H and O–H groups in total. The number of rotatable bonds is 4. The molecule has 1 aromatic carbocycles. The Morgan fingerprint density at radius 2 is 2.20 bits per heavy atom. The molecule has 0 spiro atoms. The van der Waals surface area contributed by atoms with Crippen LogP contribution in [-0.2, 0) is 9.53 Å². The minimum absolute atomic E-state index is 0.125. The number of esters is 1. The number of nitrogens with zero attached hydrogens (tertiary/aromatic N) is 2. The molecular formula is C13H11BrN2O4. The van der Waals surface area contributed by atoms with E-state index in [1.54, 1.807) is 19.1 Å². The fourth-order valence-electron chi connectivity index (χ4n) is 1.59. The Labute approximate surface area is 123 Å². The van der Waals surface area contributed by atoms with Gasteiger partial charge in [-0.05, 0) is 31.6 Å². The summed E-state index contributed by atoms with van der Waals surface area (Å²) in [7, 11) is 0. The number of carbonyl (C=O) groups is 1. The van der Waals surface area contributed by atoms with Gasteiger partial charge in [-0.2, -0.15) is 5.26 Å². The molecule has 0 unspecified atom stereocenters. The molecule has 0 atom stereocenters. The molecule has 0 aliphatic rings. The minimum atomic E-state index is -0.787. The van der Waals surface area contributed by atoms with Crippen LogP contribution in [0.5, 0.6) is 0 Å². The maximum Gasteiger partial charge on any atom is 0.349 e. The van der Waals surface area contributed by atoms with E-state index in [1.807, 2.05) is 0 Å². The van der Waals surface area contributed by atoms with Crippen LogP contribution in [0, 0.1) is 21.4 Å². The second kappa shape index (κ2) is 6.82. The minimum Gasteiger partial charge on any atom is -0.462 e. The highest BCUT2D eigenvalue weighted by Crippen LogP contribution is 2.30. The molecule has 1 rings (SSSR count). The SMILES string of the molecule is CCOC(=O)/C(C#N)=C(/C)c1ccc(Br)cc1[N+](=O)[O-]. The third-order valence-electron chi connectivity index (χ3n) is 2.53. The van der Waals surface area contributed by atoms with Crippen molar-refractivity contribution in [2.45, 2.75) is 13.8 Å². The highest BCUT2D eigenvalue weighted by molar-refractivity contribution is 9.10. The van der Waals surface area contributed by atoms with E-state index in [-0.39, 0.29) is 29.0 Å². The predicted molar refractivity (Wildman–Crippen MR) is 75.6 cm³/mol. The third-order valence-corrected chi connectivity index (χ3v) is 3.02. The molecule has 0 radical (unpaired) electrons. The average molecular weight is 339 g/mol. The molecule has 1 aromatic rings. The van der Waals surface area contributed by atoms with Crippen molar-refractivity contribution in [3.05, 3.63) is 43.9 Å². The van der Waals surface area contributed by atoms with E-state index in [2.05, 4.69) is 15.9 Å². The zero-order chi connectivity index (χ0) is 15.3. The van der Waals surface area contributed by atoms with Crippen LogP contribution in [-0.4, -0.2) is 17.5 Å². The Bertz CT molecular complexity index is 632. The number of benzene rings is 1. The first-order valence-electron chi connectivity index (χ1n) is 5.64. The number of nitriles is 1. The first-order chi connectivity index (χ1) is 9.42. The van der Waals surface area contributed by atoms with E-state index in [4.69, 9.17) is 10.00 Å². The van der Waals surface area contributed by atoms with Crippen LogP contribution in [0.1, 0.15) is 19.4 Å². The second-order valence-corrected chi connectivity index (χ2v) is 4.67. The van der Waals surface area contributed by atoms with E-state index in [0.717, 1.165) is 0 Å². The number of halogens is 1.